The third-order valence-electron chi connectivity index (χ3n) is 3.13. The second kappa shape index (κ2) is 4.70. The second-order valence-corrected chi connectivity index (χ2v) is 5.54. The van der Waals surface area contributed by atoms with Gasteiger partial charge in [-0.05, 0) is 44.0 Å². The molecule has 0 aliphatic carbocycles. The van der Waals surface area contributed by atoms with E-state index >= 15 is 0 Å². The average molecular weight is 273 g/mol. The van der Waals surface area contributed by atoms with Gasteiger partial charge in [0.25, 0.3) is 0 Å². The van der Waals surface area contributed by atoms with Crippen LogP contribution in [0.15, 0.2) is 28.3 Å². The predicted octanol–water partition coefficient (Wildman–Crippen LogP) is 2.58. The fraction of sp³-hybridized carbons (Fsp3) is 0.308. The monoisotopic (exact) mass is 273 g/mol. The molecular formula is C13H15N5S. The summed E-state index contributed by atoms with van der Waals surface area (Å²) in [4.78, 5) is 4.65. The lowest BCUT2D eigenvalue weighted by Crippen LogP contribution is -2.30. The molecule has 0 spiro atoms. The van der Waals surface area contributed by atoms with Crippen molar-refractivity contribution in [3.8, 4) is 0 Å². The Bertz CT molecular complexity index is 659. The zero-order valence-corrected chi connectivity index (χ0v) is 12.0. The summed E-state index contributed by atoms with van der Waals surface area (Å²) in [5, 5.41) is 9.01. The Morgan fingerprint density at radius 3 is 2.84 bits per heavy atom. The first-order valence-corrected chi connectivity index (χ1v) is 7.09. The summed E-state index contributed by atoms with van der Waals surface area (Å²) in [7, 11) is 0. The molecule has 3 rings (SSSR count). The highest BCUT2D eigenvalue weighted by Crippen LogP contribution is 2.22. The maximum atomic E-state index is 4.65. The molecule has 0 bridgehead atoms. The molecule has 0 saturated carbocycles. The molecule has 1 aliphatic rings. The van der Waals surface area contributed by atoms with Crippen molar-refractivity contribution in [1.29, 1.82) is 0 Å². The van der Waals surface area contributed by atoms with Crippen LogP contribution in [0.3, 0.4) is 0 Å². The van der Waals surface area contributed by atoms with E-state index in [-0.39, 0.29) is 0 Å². The van der Waals surface area contributed by atoms with E-state index in [4.69, 9.17) is 0 Å². The number of benzene rings is 1. The molecule has 19 heavy (non-hydrogen) atoms. The van der Waals surface area contributed by atoms with E-state index in [1.165, 1.54) is 11.1 Å². The van der Waals surface area contributed by atoms with Gasteiger partial charge in [-0.15, -0.1) is 10.2 Å². The first-order chi connectivity index (χ1) is 9.13. The van der Waals surface area contributed by atoms with Crippen molar-refractivity contribution in [2.24, 2.45) is 4.99 Å². The number of aromatic nitrogens is 3. The minimum atomic E-state index is 0.783. The number of thioether (sulfide) groups is 1. The van der Waals surface area contributed by atoms with Crippen molar-refractivity contribution >= 4 is 23.3 Å². The summed E-state index contributed by atoms with van der Waals surface area (Å²) in [6.07, 6.45) is 0. The Balaban J connectivity index is 1.89. The quantitative estimate of drug-likeness (QED) is 0.867. The van der Waals surface area contributed by atoms with Gasteiger partial charge < -0.3 is 0 Å². The van der Waals surface area contributed by atoms with E-state index in [1.807, 2.05) is 17.7 Å². The first kappa shape index (κ1) is 12.2. The fourth-order valence-corrected chi connectivity index (χ4v) is 2.67. The van der Waals surface area contributed by atoms with Gasteiger partial charge in [-0.3, -0.25) is 5.43 Å². The number of rotatable bonds is 1. The zero-order chi connectivity index (χ0) is 13.4. The van der Waals surface area contributed by atoms with E-state index in [0.717, 1.165) is 28.3 Å². The number of aryl methyl sites for hydroxylation is 3. The van der Waals surface area contributed by atoms with Crippen LogP contribution in [0.25, 0.3) is 0 Å². The van der Waals surface area contributed by atoms with Gasteiger partial charge in [0.15, 0.2) is 0 Å². The van der Waals surface area contributed by atoms with Crippen LogP contribution in [0.5, 0.6) is 0 Å². The lowest BCUT2D eigenvalue weighted by Gasteiger charge is -2.18. The summed E-state index contributed by atoms with van der Waals surface area (Å²) in [5.74, 6) is 2.55. The Morgan fingerprint density at radius 2 is 2.05 bits per heavy atom. The molecule has 1 aliphatic heterocycles. The molecule has 0 amide bonds. The minimum absolute atomic E-state index is 0.783. The number of nitrogens with one attached hydrogen (secondary N) is 1. The van der Waals surface area contributed by atoms with Crippen LogP contribution in [0, 0.1) is 20.8 Å². The Labute approximate surface area is 116 Å². The molecule has 0 radical (unpaired) electrons. The normalized spacial score (nSPS) is 16.3. The number of nitrogens with zero attached hydrogens (tertiary/aromatic N) is 4. The van der Waals surface area contributed by atoms with E-state index < -0.39 is 0 Å². The van der Waals surface area contributed by atoms with E-state index in [9.17, 15) is 0 Å². The van der Waals surface area contributed by atoms with Crippen LogP contribution < -0.4 is 5.43 Å². The predicted molar refractivity (Wildman–Crippen MR) is 77.9 cm³/mol. The highest BCUT2D eigenvalue weighted by Gasteiger charge is 2.17. The van der Waals surface area contributed by atoms with Crippen molar-refractivity contribution < 1.29 is 0 Å². The Hall–Kier alpha value is -1.82. The Kier molecular flexibility index (Phi) is 3.02. The lowest BCUT2D eigenvalue weighted by atomic mass is 10.1. The maximum Gasteiger partial charge on any atom is 0.210 e. The zero-order valence-electron chi connectivity index (χ0n) is 11.1. The second-order valence-electron chi connectivity index (χ2n) is 4.59. The van der Waals surface area contributed by atoms with E-state index in [2.05, 4.69) is 46.6 Å². The van der Waals surface area contributed by atoms with Crippen LogP contribution in [0.1, 0.15) is 17.0 Å². The fourth-order valence-electron chi connectivity index (χ4n) is 1.87. The van der Waals surface area contributed by atoms with Gasteiger partial charge in [-0.2, -0.15) is 0 Å². The molecule has 0 fully saturated rings. The molecular weight excluding hydrogens is 258 g/mol. The van der Waals surface area contributed by atoms with Crippen LogP contribution in [-0.4, -0.2) is 26.5 Å². The van der Waals surface area contributed by atoms with Gasteiger partial charge in [0.05, 0.1) is 11.4 Å². The number of fused-ring (bicyclic) bond motifs is 1. The minimum Gasteiger partial charge on any atom is -0.277 e. The maximum absolute atomic E-state index is 4.65. The SMILES string of the molecule is Cc1ccc(N=C2CSc3nnc(C)n3N2)cc1C. The molecule has 6 heteroatoms. The summed E-state index contributed by atoms with van der Waals surface area (Å²) < 4.78 is 1.87. The molecule has 0 atom stereocenters. The van der Waals surface area contributed by atoms with Crippen molar-refractivity contribution in [3.05, 3.63) is 35.2 Å². The largest absolute Gasteiger partial charge is 0.277 e. The van der Waals surface area contributed by atoms with Crippen LogP contribution in [0.2, 0.25) is 0 Å². The molecule has 1 N–H and O–H groups in total. The van der Waals surface area contributed by atoms with Crippen LogP contribution >= 0.6 is 11.8 Å². The average Bonchev–Trinajstić information content (AvgIpc) is 2.76. The molecule has 5 nitrogen and oxygen atoms in total. The van der Waals surface area contributed by atoms with E-state index in [0.29, 0.717) is 0 Å². The molecule has 1 aromatic heterocycles. The number of amidine groups is 1. The molecule has 0 unspecified atom stereocenters. The molecule has 2 heterocycles. The van der Waals surface area contributed by atoms with Gasteiger partial charge >= 0.3 is 0 Å². The van der Waals surface area contributed by atoms with Gasteiger partial charge in [-0.1, -0.05) is 17.8 Å². The summed E-state index contributed by atoms with van der Waals surface area (Å²) in [6.45, 7) is 6.13. The molecule has 98 valence electrons. The molecule has 2 aromatic rings. The van der Waals surface area contributed by atoms with Gasteiger partial charge in [0, 0.05) is 0 Å². The van der Waals surface area contributed by atoms with E-state index in [1.54, 1.807) is 11.8 Å². The summed E-state index contributed by atoms with van der Waals surface area (Å²) >= 11 is 1.64. The first-order valence-electron chi connectivity index (χ1n) is 6.10. The number of hydrogen-bond donors (Lipinski definition) is 1. The lowest BCUT2D eigenvalue weighted by molar-refractivity contribution is 0.801. The van der Waals surface area contributed by atoms with Crippen molar-refractivity contribution in [3.63, 3.8) is 0 Å². The van der Waals surface area contributed by atoms with Crippen LogP contribution in [-0.2, 0) is 0 Å². The highest BCUT2D eigenvalue weighted by molar-refractivity contribution is 7.99. The van der Waals surface area contributed by atoms with Crippen molar-refractivity contribution in [1.82, 2.24) is 14.9 Å². The topological polar surface area (TPSA) is 55.1 Å². The van der Waals surface area contributed by atoms with Gasteiger partial charge in [-0.25, -0.2) is 9.67 Å². The van der Waals surface area contributed by atoms with Crippen molar-refractivity contribution in [2.45, 2.75) is 25.9 Å². The standard InChI is InChI=1S/C13H15N5S/c1-8-4-5-11(6-9(8)2)14-12-7-19-13-16-15-10(3)18(13)17-12/h4-6H,7H2,1-3H3,(H,14,17). The van der Waals surface area contributed by atoms with Crippen LogP contribution in [0.4, 0.5) is 5.69 Å². The number of aliphatic imine (C=N–C) groups is 1. The van der Waals surface area contributed by atoms with Gasteiger partial charge in [0.2, 0.25) is 5.16 Å². The number of hydrogen-bond acceptors (Lipinski definition) is 4. The Morgan fingerprint density at radius 1 is 1.21 bits per heavy atom. The van der Waals surface area contributed by atoms with Crippen molar-refractivity contribution in [2.75, 3.05) is 11.2 Å². The molecule has 1 aromatic carbocycles. The highest BCUT2D eigenvalue weighted by atomic mass is 32.2. The molecule has 0 saturated heterocycles. The third kappa shape index (κ3) is 2.35. The summed E-state index contributed by atoms with van der Waals surface area (Å²) in [5.41, 5.74) is 6.76. The third-order valence-corrected chi connectivity index (χ3v) is 4.07. The smallest absolute Gasteiger partial charge is 0.210 e. The summed E-state index contributed by atoms with van der Waals surface area (Å²) in [6, 6.07) is 6.24. The van der Waals surface area contributed by atoms with Gasteiger partial charge in [0.1, 0.15) is 11.7 Å².